The van der Waals surface area contributed by atoms with Gasteiger partial charge < -0.3 is 20.2 Å². The van der Waals surface area contributed by atoms with Crippen LogP contribution < -0.4 is 10.2 Å². The number of rotatable bonds is 7. The highest BCUT2D eigenvalue weighted by Crippen LogP contribution is 2.30. The molecule has 224 valence electrons. The molecule has 1 fully saturated rings. The van der Waals surface area contributed by atoms with Crippen LogP contribution in [0.4, 0.5) is 24.8 Å². The fraction of sp³-hybridized carbons (Fsp3) is 0.433. The second-order valence-electron chi connectivity index (χ2n) is 11.4. The fourth-order valence-electron chi connectivity index (χ4n) is 5.20. The third-order valence-electron chi connectivity index (χ3n) is 7.38. The molecule has 0 aliphatic carbocycles. The number of hydrogen-bond acceptors (Lipinski definition) is 7. The van der Waals surface area contributed by atoms with E-state index >= 15 is 0 Å². The van der Waals surface area contributed by atoms with E-state index in [0.717, 1.165) is 12.1 Å². The van der Waals surface area contributed by atoms with Crippen LogP contribution in [0.5, 0.6) is 0 Å². The van der Waals surface area contributed by atoms with Crippen molar-refractivity contribution in [3.8, 4) is 0 Å². The first-order valence-electron chi connectivity index (χ1n) is 13.6. The van der Waals surface area contributed by atoms with Gasteiger partial charge in [0.2, 0.25) is 0 Å². The van der Waals surface area contributed by atoms with Crippen molar-refractivity contribution in [1.82, 2.24) is 19.9 Å². The maximum Gasteiger partial charge on any atom is 0.416 e. The Bertz CT molecular complexity index is 1470. The van der Waals surface area contributed by atoms with Crippen LogP contribution in [0.15, 0.2) is 36.5 Å². The predicted octanol–water partition coefficient (Wildman–Crippen LogP) is 5.68. The summed E-state index contributed by atoms with van der Waals surface area (Å²) in [6.07, 6.45) is -2.97. The van der Waals surface area contributed by atoms with E-state index in [2.05, 4.69) is 25.2 Å². The summed E-state index contributed by atoms with van der Waals surface area (Å²) >= 11 is 0. The summed E-state index contributed by atoms with van der Waals surface area (Å²) in [4.78, 5) is 42.7. The molecule has 1 amide bonds. The zero-order valence-electron chi connectivity index (χ0n) is 24.5. The van der Waals surface area contributed by atoms with E-state index in [-0.39, 0.29) is 29.6 Å². The minimum absolute atomic E-state index is 0.0726. The smallest absolute Gasteiger partial charge is 0.416 e. The van der Waals surface area contributed by atoms with Crippen LogP contribution >= 0.6 is 0 Å². The molecule has 1 aliphatic heterocycles. The van der Waals surface area contributed by atoms with Crippen molar-refractivity contribution in [3.05, 3.63) is 75.9 Å². The Morgan fingerprint density at radius 1 is 1.10 bits per heavy atom. The Morgan fingerprint density at radius 3 is 2.31 bits per heavy atom. The van der Waals surface area contributed by atoms with Gasteiger partial charge in [0, 0.05) is 26.2 Å². The van der Waals surface area contributed by atoms with Crippen molar-refractivity contribution in [3.63, 3.8) is 0 Å². The molecule has 1 aliphatic rings. The molecule has 2 N–H and O–H groups in total. The summed E-state index contributed by atoms with van der Waals surface area (Å²) in [5.41, 5.74) is 1.40. The van der Waals surface area contributed by atoms with E-state index in [1.807, 2.05) is 27.7 Å². The number of nitrogens with one attached hydrogen (secondary N) is 1. The number of anilines is 2. The number of nitrogens with zero attached hydrogens (tertiary/aromatic N) is 5. The van der Waals surface area contributed by atoms with Gasteiger partial charge in [0.1, 0.15) is 17.3 Å². The molecule has 2 aromatic heterocycles. The van der Waals surface area contributed by atoms with Crippen molar-refractivity contribution in [2.45, 2.75) is 65.7 Å². The number of carboxylic acids is 1. The van der Waals surface area contributed by atoms with Crippen LogP contribution in [0, 0.1) is 13.8 Å². The molecule has 0 atom stereocenters. The molecule has 12 heteroatoms. The summed E-state index contributed by atoms with van der Waals surface area (Å²) in [6.45, 7) is 12.8. The SMILES string of the molecule is Cc1cc(N2CCN(C(=O)c3cnc(NCc4ccc(C(F)(F)F)cc4)c(C(C)C)n3)C(C)(C)C2)nc(C)c1C(=O)O. The highest BCUT2D eigenvalue weighted by Gasteiger charge is 2.38. The molecule has 9 nitrogen and oxygen atoms in total. The number of piperazine rings is 1. The van der Waals surface area contributed by atoms with Crippen molar-refractivity contribution in [2.24, 2.45) is 0 Å². The van der Waals surface area contributed by atoms with Crippen molar-refractivity contribution in [2.75, 3.05) is 29.9 Å². The molecule has 0 bridgehead atoms. The standard InChI is InChI=1S/C30H35F3N6O3/c1-17(2)25-26(34-14-20-7-9-21(10-8-20)30(31,32)33)35-15-22(37-25)27(40)39-12-11-38(16-29(39,5)6)23-13-18(3)24(28(41)42)19(4)36-23/h7-10,13,15,17H,11-12,14,16H2,1-6H3,(H,34,35)(H,41,42). The zero-order chi connectivity index (χ0) is 31.0. The van der Waals surface area contributed by atoms with Gasteiger partial charge in [-0.15, -0.1) is 0 Å². The second-order valence-corrected chi connectivity index (χ2v) is 11.4. The number of carbonyl (C=O) groups excluding carboxylic acids is 1. The fourth-order valence-corrected chi connectivity index (χ4v) is 5.20. The number of pyridine rings is 1. The summed E-state index contributed by atoms with van der Waals surface area (Å²) < 4.78 is 38.6. The van der Waals surface area contributed by atoms with E-state index in [1.165, 1.54) is 18.3 Å². The van der Waals surface area contributed by atoms with Gasteiger partial charge in [0.25, 0.3) is 5.91 Å². The molecular weight excluding hydrogens is 549 g/mol. The van der Waals surface area contributed by atoms with E-state index in [9.17, 15) is 27.9 Å². The number of hydrogen-bond donors (Lipinski definition) is 2. The van der Waals surface area contributed by atoms with E-state index in [4.69, 9.17) is 0 Å². The van der Waals surface area contributed by atoms with Gasteiger partial charge in [-0.25, -0.2) is 19.7 Å². The summed E-state index contributed by atoms with van der Waals surface area (Å²) in [5.74, 6) is -0.211. The first-order chi connectivity index (χ1) is 19.6. The van der Waals surface area contributed by atoms with E-state index < -0.39 is 23.2 Å². The quantitative estimate of drug-likeness (QED) is 0.365. The lowest BCUT2D eigenvalue weighted by Crippen LogP contribution is -2.61. The Labute approximate surface area is 242 Å². The van der Waals surface area contributed by atoms with Gasteiger partial charge in [0.15, 0.2) is 0 Å². The Kier molecular flexibility index (Phi) is 8.47. The van der Waals surface area contributed by atoms with Gasteiger partial charge >= 0.3 is 12.1 Å². The number of carboxylic acid groups (broad SMARTS) is 1. The van der Waals surface area contributed by atoms with Crippen LogP contribution in [0.2, 0.25) is 0 Å². The molecule has 0 saturated carbocycles. The molecule has 3 aromatic rings. The molecule has 1 aromatic carbocycles. The Balaban J connectivity index is 1.49. The van der Waals surface area contributed by atoms with Crippen molar-refractivity contribution >= 4 is 23.5 Å². The number of aryl methyl sites for hydroxylation is 2. The van der Waals surface area contributed by atoms with Crippen LogP contribution in [-0.2, 0) is 12.7 Å². The average molecular weight is 585 g/mol. The van der Waals surface area contributed by atoms with Crippen LogP contribution in [0.3, 0.4) is 0 Å². The third kappa shape index (κ3) is 6.47. The van der Waals surface area contributed by atoms with E-state index in [0.29, 0.717) is 53.8 Å². The highest BCUT2D eigenvalue weighted by molar-refractivity contribution is 5.93. The monoisotopic (exact) mass is 584 g/mol. The number of halogens is 3. The largest absolute Gasteiger partial charge is 0.478 e. The minimum Gasteiger partial charge on any atom is -0.478 e. The number of amides is 1. The Hall–Kier alpha value is -4.22. The van der Waals surface area contributed by atoms with Gasteiger partial charge in [-0.05, 0) is 62.9 Å². The van der Waals surface area contributed by atoms with Gasteiger partial charge in [-0.2, -0.15) is 13.2 Å². The molecule has 0 unspecified atom stereocenters. The molecule has 1 saturated heterocycles. The molecule has 42 heavy (non-hydrogen) atoms. The molecule has 4 rings (SSSR count). The minimum atomic E-state index is -4.39. The van der Waals surface area contributed by atoms with Crippen LogP contribution in [0.25, 0.3) is 0 Å². The van der Waals surface area contributed by atoms with Crippen LogP contribution in [0.1, 0.15) is 82.5 Å². The first kappa shape index (κ1) is 30.7. The zero-order valence-corrected chi connectivity index (χ0v) is 24.5. The molecule has 3 heterocycles. The lowest BCUT2D eigenvalue weighted by Gasteiger charge is -2.47. The maximum absolute atomic E-state index is 13.7. The number of aromatic nitrogens is 3. The first-order valence-corrected chi connectivity index (χ1v) is 13.6. The predicted molar refractivity (Wildman–Crippen MR) is 153 cm³/mol. The summed E-state index contributed by atoms with van der Waals surface area (Å²) in [5, 5.41) is 12.6. The molecular formula is C30H35F3N6O3. The normalized spacial score (nSPS) is 15.2. The topological polar surface area (TPSA) is 112 Å². The highest BCUT2D eigenvalue weighted by atomic mass is 19.4. The number of benzene rings is 1. The van der Waals surface area contributed by atoms with Crippen molar-refractivity contribution in [1.29, 1.82) is 0 Å². The molecule has 0 radical (unpaired) electrons. The van der Waals surface area contributed by atoms with Gasteiger partial charge in [-0.1, -0.05) is 26.0 Å². The number of aromatic carboxylic acids is 1. The molecule has 0 spiro atoms. The average Bonchev–Trinajstić information content (AvgIpc) is 2.90. The van der Waals surface area contributed by atoms with Gasteiger partial charge in [-0.3, -0.25) is 4.79 Å². The number of alkyl halides is 3. The Morgan fingerprint density at radius 2 is 1.76 bits per heavy atom. The second kappa shape index (κ2) is 11.6. The number of carbonyl (C=O) groups is 2. The lowest BCUT2D eigenvalue weighted by molar-refractivity contribution is -0.137. The van der Waals surface area contributed by atoms with Crippen molar-refractivity contribution < 1.29 is 27.9 Å². The van der Waals surface area contributed by atoms with E-state index in [1.54, 1.807) is 24.8 Å². The third-order valence-corrected chi connectivity index (χ3v) is 7.38. The maximum atomic E-state index is 13.7. The summed E-state index contributed by atoms with van der Waals surface area (Å²) in [6, 6.07) is 6.67. The van der Waals surface area contributed by atoms with Crippen LogP contribution in [-0.4, -0.2) is 62.0 Å². The summed E-state index contributed by atoms with van der Waals surface area (Å²) in [7, 11) is 0. The lowest BCUT2D eigenvalue weighted by atomic mass is 9.97. The van der Waals surface area contributed by atoms with Gasteiger partial charge in [0.05, 0.1) is 34.3 Å².